The third kappa shape index (κ3) is 2.91. The highest BCUT2D eigenvalue weighted by Crippen LogP contribution is 2.32. The Morgan fingerprint density at radius 3 is 2.52 bits per heavy atom. The van der Waals surface area contributed by atoms with Crippen LogP contribution in [0.4, 0.5) is 0 Å². The van der Waals surface area contributed by atoms with Crippen LogP contribution in [0, 0.1) is 0 Å². The lowest BCUT2D eigenvalue weighted by Crippen LogP contribution is -2.46. The van der Waals surface area contributed by atoms with Gasteiger partial charge in [-0.3, -0.25) is 4.90 Å². The lowest BCUT2D eigenvalue weighted by atomic mass is 9.92. The Bertz CT molecular complexity index is 773. The highest BCUT2D eigenvalue weighted by Gasteiger charge is 2.41. The number of likely N-dealkylation sites (tertiary alicyclic amines) is 1. The van der Waals surface area contributed by atoms with Crippen molar-refractivity contribution in [3.63, 3.8) is 0 Å². The van der Waals surface area contributed by atoms with Crippen molar-refractivity contribution in [1.82, 2.24) is 9.88 Å². The van der Waals surface area contributed by atoms with E-state index in [2.05, 4.69) is 28.1 Å². The summed E-state index contributed by atoms with van der Waals surface area (Å²) in [5.74, 6) is 0.499. The van der Waals surface area contributed by atoms with E-state index in [-0.39, 0.29) is 17.5 Å². The molecule has 6 heteroatoms. The number of para-hydroxylation sites is 1. The molecular weight excluding hydrogens is 312 g/mol. The fourth-order valence-electron chi connectivity index (χ4n) is 4.02. The predicted octanol–water partition coefficient (Wildman–Crippen LogP) is 1.51. The summed E-state index contributed by atoms with van der Waals surface area (Å²) >= 11 is 0. The van der Waals surface area contributed by atoms with Gasteiger partial charge in [0, 0.05) is 17.1 Å². The summed E-state index contributed by atoms with van der Waals surface area (Å²) in [6.07, 6.45) is 1.26. The molecule has 0 aliphatic carbocycles. The van der Waals surface area contributed by atoms with Gasteiger partial charge in [0.05, 0.1) is 23.7 Å². The molecule has 5 nitrogen and oxygen atoms in total. The molecule has 2 fully saturated rings. The first-order valence-electron chi connectivity index (χ1n) is 8.22. The number of aliphatic hydroxyl groups excluding tert-OH is 1. The van der Waals surface area contributed by atoms with Crippen LogP contribution in [0.25, 0.3) is 10.9 Å². The predicted molar refractivity (Wildman–Crippen MR) is 90.3 cm³/mol. The summed E-state index contributed by atoms with van der Waals surface area (Å²) in [7, 11) is -3.07. The molecule has 0 saturated carbocycles. The summed E-state index contributed by atoms with van der Waals surface area (Å²) in [6.45, 7) is 1.69. The van der Waals surface area contributed by atoms with Gasteiger partial charge in [0.15, 0.2) is 9.84 Å². The van der Waals surface area contributed by atoms with Crippen LogP contribution in [-0.4, -0.2) is 60.1 Å². The molecule has 1 aromatic heterocycles. The Morgan fingerprint density at radius 2 is 1.87 bits per heavy atom. The minimum absolute atomic E-state index is 0.0837. The van der Waals surface area contributed by atoms with E-state index in [0.29, 0.717) is 5.92 Å². The Labute approximate surface area is 136 Å². The number of H-pyrrole nitrogens is 1. The molecule has 2 aromatic rings. The average Bonchev–Trinajstić information content (AvgIpc) is 3.07. The van der Waals surface area contributed by atoms with Crippen molar-refractivity contribution in [2.45, 2.75) is 30.9 Å². The first-order chi connectivity index (χ1) is 11.0. The van der Waals surface area contributed by atoms with E-state index in [4.69, 9.17) is 0 Å². The minimum atomic E-state index is -3.07. The van der Waals surface area contributed by atoms with Crippen LogP contribution in [0.15, 0.2) is 30.3 Å². The minimum Gasteiger partial charge on any atom is -0.390 e. The molecule has 1 aromatic carbocycles. The van der Waals surface area contributed by atoms with Crippen LogP contribution in [-0.2, 0) is 9.84 Å². The lowest BCUT2D eigenvalue weighted by Gasteiger charge is -2.36. The molecule has 0 amide bonds. The molecular formula is C17H22N2O3S. The highest BCUT2D eigenvalue weighted by molar-refractivity contribution is 7.91. The number of piperidine rings is 1. The van der Waals surface area contributed by atoms with E-state index >= 15 is 0 Å². The second-order valence-electron chi connectivity index (χ2n) is 6.83. The number of nitrogens with zero attached hydrogens (tertiary/aromatic N) is 1. The van der Waals surface area contributed by atoms with Crippen LogP contribution in [0.3, 0.4) is 0 Å². The number of aliphatic hydroxyl groups is 1. The monoisotopic (exact) mass is 334 g/mol. The molecule has 2 aliphatic heterocycles. The molecule has 4 rings (SSSR count). The molecule has 23 heavy (non-hydrogen) atoms. The largest absolute Gasteiger partial charge is 0.390 e. The normalized spacial score (nSPS) is 29.3. The number of hydrogen-bond donors (Lipinski definition) is 2. The number of aromatic amines is 1. The topological polar surface area (TPSA) is 73.4 Å². The number of nitrogens with one attached hydrogen (secondary N) is 1. The fraction of sp³-hybridized carbons (Fsp3) is 0.529. The molecule has 124 valence electrons. The summed E-state index contributed by atoms with van der Waals surface area (Å²) in [4.78, 5) is 5.67. The van der Waals surface area contributed by atoms with Crippen molar-refractivity contribution in [3.05, 3.63) is 36.0 Å². The second kappa shape index (κ2) is 5.61. The Balaban J connectivity index is 1.45. The number of hydrogen-bond acceptors (Lipinski definition) is 4. The standard InChI is InChI=1S/C17H22N2O3S/c20-17-11-23(21,22)10-16(17)19-7-5-12(6-8-19)15-9-13-3-1-2-4-14(13)18-15/h1-4,9,12,16-18,20H,5-8,10-11H2/t16-,17+/m0/s1. The quantitative estimate of drug-likeness (QED) is 0.873. The zero-order valence-corrected chi connectivity index (χ0v) is 13.8. The van der Waals surface area contributed by atoms with Crippen LogP contribution in [0.2, 0.25) is 0 Å². The Kier molecular flexibility index (Phi) is 3.70. The summed E-state index contributed by atoms with van der Waals surface area (Å²) in [5, 5.41) is 11.3. The van der Waals surface area contributed by atoms with E-state index in [1.54, 1.807) is 0 Å². The van der Waals surface area contributed by atoms with Crippen molar-refractivity contribution < 1.29 is 13.5 Å². The van der Waals surface area contributed by atoms with E-state index in [1.165, 1.54) is 16.6 Å². The smallest absolute Gasteiger partial charge is 0.154 e. The Morgan fingerprint density at radius 1 is 1.13 bits per heavy atom. The molecule has 0 spiro atoms. The molecule has 2 saturated heterocycles. The van der Waals surface area contributed by atoms with Crippen molar-refractivity contribution in [2.75, 3.05) is 24.6 Å². The van der Waals surface area contributed by atoms with Gasteiger partial charge in [-0.15, -0.1) is 0 Å². The summed E-state index contributed by atoms with van der Waals surface area (Å²) in [6, 6.07) is 10.3. The lowest BCUT2D eigenvalue weighted by molar-refractivity contribution is 0.0662. The molecule has 3 heterocycles. The zero-order valence-electron chi connectivity index (χ0n) is 13.0. The van der Waals surface area contributed by atoms with Crippen molar-refractivity contribution >= 4 is 20.7 Å². The maximum Gasteiger partial charge on any atom is 0.154 e. The van der Waals surface area contributed by atoms with Gasteiger partial charge in [0.2, 0.25) is 0 Å². The number of aromatic nitrogens is 1. The highest BCUT2D eigenvalue weighted by atomic mass is 32.2. The molecule has 2 N–H and O–H groups in total. The number of sulfone groups is 1. The van der Waals surface area contributed by atoms with E-state index in [9.17, 15) is 13.5 Å². The summed E-state index contributed by atoms with van der Waals surface area (Å²) < 4.78 is 23.4. The van der Waals surface area contributed by atoms with Gasteiger partial charge in [0.1, 0.15) is 0 Å². The molecule has 0 unspecified atom stereocenters. The van der Waals surface area contributed by atoms with Gasteiger partial charge in [-0.1, -0.05) is 18.2 Å². The summed E-state index contributed by atoms with van der Waals surface area (Å²) in [5.41, 5.74) is 2.44. The SMILES string of the molecule is O=S1(=O)C[C@@H](O)[C@@H](N2CCC(c3cc4ccccc4[nH]3)CC2)C1. The van der Waals surface area contributed by atoms with Crippen LogP contribution in [0.5, 0.6) is 0 Å². The Hall–Kier alpha value is -1.37. The van der Waals surface area contributed by atoms with Crippen molar-refractivity contribution in [2.24, 2.45) is 0 Å². The van der Waals surface area contributed by atoms with Gasteiger partial charge in [0.25, 0.3) is 0 Å². The van der Waals surface area contributed by atoms with E-state index in [0.717, 1.165) is 25.9 Å². The van der Waals surface area contributed by atoms with Gasteiger partial charge < -0.3 is 10.1 Å². The molecule has 0 radical (unpaired) electrons. The first kappa shape index (κ1) is 15.2. The number of benzene rings is 1. The molecule has 0 bridgehead atoms. The van der Waals surface area contributed by atoms with E-state index < -0.39 is 15.9 Å². The molecule has 2 aliphatic rings. The first-order valence-corrected chi connectivity index (χ1v) is 10.0. The van der Waals surface area contributed by atoms with Gasteiger partial charge in [-0.05, 0) is 43.5 Å². The van der Waals surface area contributed by atoms with Gasteiger partial charge >= 0.3 is 0 Å². The van der Waals surface area contributed by atoms with Crippen LogP contribution >= 0.6 is 0 Å². The number of rotatable bonds is 2. The van der Waals surface area contributed by atoms with Crippen LogP contribution in [0.1, 0.15) is 24.5 Å². The third-order valence-corrected chi connectivity index (χ3v) is 6.98. The van der Waals surface area contributed by atoms with Gasteiger partial charge in [-0.2, -0.15) is 0 Å². The average molecular weight is 334 g/mol. The fourth-order valence-corrected chi connectivity index (χ4v) is 5.85. The maximum absolute atomic E-state index is 11.7. The number of fused-ring (bicyclic) bond motifs is 1. The second-order valence-corrected chi connectivity index (χ2v) is 8.99. The maximum atomic E-state index is 11.7. The zero-order chi connectivity index (χ0) is 16.0. The van der Waals surface area contributed by atoms with E-state index in [1.807, 2.05) is 12.1 Å². The third-order valence-electron chi connectivity index (χ3n) is 5.28. The van der Waals surface area contributed by atoms with Gasteiger partial charge in [-0.25, -0.2) is 8.42 Å². The molecule has 2 atom stereocenters. The van der Waals surface area contributed by atoms with Crippen molar-refractivity contribution in [1.29, 1.82) is 0 Å². The van der Waals surface area contributed by atoms with Crippen molar-refractivity contribution in [3.8, 4) is 0 Å². The van der Waals surface area contributed by atoms with Crippen LogP contribution < -0.4 is 0 Å².